The summed E-state index contributed by atoms with van der Waals surface area (Å²) in [4.78, 5) is 24.4. The van der Waals surface area contributed by atoms with Crippen LogP contribution in [0.25, 0.3) is 11.3 Å². The first-order chi connectivity index (χ1) is 15.9. The van der Waals surface area contributed by atoms with Crippen LogP contribution in [0.1, 0.15) is 42.3 Å². The lowest BCUT2D eigenvalue weighted by molar-refractivity contribution is -0.151. The molecule has 8 nitrogen and oxygen atoms in total. The second kappa shape index (κ2) is 9.68. The number of Topliss-reactive ketones (excluding diaryl/α,β-unsaturated/α-hetero) is 1. The molecule has 172 valence electrons. The highest BCUT2D eigenvalue weighted by Gasteiger charge is 2.38. The summed E-state index contributed by atoms with van der Waals surface area (Å²) in [5.41, 5.74) is 1.92. The van der Waals surface area contributed by atoms with Crippen LogP contribution in [-0.4, -0.2) is 42.2 Å². The van der Waals surface area contributed by atoms with Crippen LogP contribution in [0, 0.1) is 0 Å². The van der Waals surface area contributed by atoms with Crippen molar-refractivity contribution in [2.24, 2.45) is 0 Å². The number of piperidine rings is 1. The zero-order valence-electron chi connectivity index (χ0n) is 18.1. The highest BCUT2D eigenvalue weighted by molar-refractivity contribution is 7.89. The number of carbonyl (C=O) groups is 2. The Hall–Kier alpha value is -3.30. The molecule has 1 atom stereocenters. The molecule has 1 aliphatic rings. The van der Waals surface area contributed by atoms with E-state index >= 15 is 0 Å². The molecular formula is C24H24N2O6S. The second-order valence-electron chi connectivity index (χ2n) is 7.86. The normalized spacial score (nSPS) is 16.9. The van der Waals surface area contributed by atoms with E-state index in [-0.39, 0.29) is 23.8 Å². The van der Waals surface area contributed by atoms with E-state index in [1.165, 1.54) is 35.5 Å². The molecule has 0 saturated carbocycles. The molecule has 0 amide bonds. The van der Waals surface area contributed by atoms with Gasteiger partial charge in [-0.1, -0.05) is 47.6 Å². The Labute approximate surface area is 192 Å². The number of esters is 1. The van der Waals surface area contributed by atoms with Gasteiger partial charge in [0.1, 0.15) is 11.7 Å². The molecule has 3 aromatic rings. The highest BCUT2D eigenvalue weighted by atomic mass is 32.2. The Morgan fingerprint density at radius 2 is 1.82 bits per heavy atom. The molecule has 1 unspecified atom stereocenters. The van der Waals surface area contributed by atoms with Gasteiger partial charge in [-0.05, 0) is 38.3 Å². The molecule has 0 spiro atoms. The zero-order chi connectivity index (χ0) is 23.4. The number of aromatic nitrogens is 1. The number of nitrogens with zero attached hydrogens (tertiary/aromatic N) is 2. The van der Waals surface area contributed by atoms with Crippen molar-refractivity contribution in [1.29, 1.82) is 0 Å². The Balaban J connectivity index is 1.46. The fourth-order valence-corrected chi connectivity index (χ4v) is 5.44. The monoisotopic (exact) mass is 468 g/mol. The number of benzene rings is 2. The van der Waals surface area contributed by atoms with Crippen LogP contribution in [0.2, 0.25) is 0 Å². The second-order valence-corrected chi connectivity index (χ2v) is 9.75. The minimum atomic E-state index is -3.93. The number of hydrogen-bond acceptors (Lipinski definition) is 7. The zero-order valence-corrected chi connectivity index (χ0v) is 19.0. The van der Waals surface area contributed by atoms with Gasteiger partial charge in [0.2, 0.25) is 10.0 Å². The smallest absolute Gasteiger partial charge is 0.324 e. The quantitative estimate of drug-likeness (QED) is 0.383. The number of ketones is 1. The first kappa shape index (κ1) is 22.9. The molecule has 0 radical (unpaired) electrons. The van der Waals surface area contributed by atoms with Gasteiger partial charge in [0.05, 0.1) is 4.90 Å². The molecule has 33 heavy (non-hydrogen) atoms. The van der Waals surface area contributed by atoms with E-state index in [9.17, 15) is 18.0 Å². The number of sulfonamides is 1. The average Bonchev–Trinajstić information content (AvgIpc) is 3.32. The molecule has 1 fully saturated rings. The van der Waals surface area contributed by atoms with Gasteiger partial charge in [-0.15, -0.1) is 0 Å². The third kappa shape index (κ3) is 5.04. The van der Waals surface area contributed by atoms with Crippen molar-refractivity contribution in [3.63, 3.8) is 0 Å². The summed E-state index contributed by atoms with van der Waals surface area (Å²) in [6.07, 6.45) is 1.74. The van der Waals surface area contributed by atoms with Crippen LogP contribution in [-0.2, 0) is 26.2 Å². The molecule has 0 N–H and O–H groups in total. The van der Waals surface area contributed by atoms with Crippen molar-refractivity contribution in [2.45, 2.75) is 43.7 Å². The van der Waals surface area contributed by atoms with E-state index in [1.54, 1.807) is 6.07 Å². The van der Waals surface area contributed by atoms with Crippen LogP contribution >= 0.6 is 0 Å². The minimum Gasteiger partial charge on any atom is -0.456 e. The van der Waals surface area contributed by atoms with E-state index in [1.807, 2.05) is 30.3 Å². The number of rotatable bonds is 7. The first-order valence-electron chi connectivity index (χ1n) is 10.7. The van der Waals surface area contributed by atoms with Gasteiger partial charge < -0.3 is 9.26 Å². The maximum absolute atomic E-state index is 13.2. The molecule has 2 aromatic carbocycles. The maximum atomic E-state index is 13.2. The average molecular weight is 469 g/mol. The highest BCUT2D eigenvalue weighted by Crippen LogP contribution is 2.27. The number of hydrogen-bond donors (Lipinski definition) is 0. The minimum absolute atomic E-state index is 0.0370. The third-order valence-corrected chi connectivity index (χ3v) is 7.50. The largest absolute Gasteiger partial charge is 0.456 e. The van der Waals surface area contributed by atoms with Crippen LogP contribution < -0.4 is 0 Å². The van der Waals surface area contributed by atoms with Crippen LogP contribution in [0.3, 0.4) is 0 Å². The molecule has 4 rings (SSSR count). The predicted octanol–water partition coefficient (Wildman–Crippen LogP) is 3.83. The topological polar surface area (TPSA) is 107 Å². The van der Waals surface area contributed by atoms with Crippen molar-refractivity contribution in [1.82, 2.24) is 9.46 Å². The molecule has 0 bridgehead atoms. The lowest BCUT2D eigenvalue weighted by atomic mass is 10.1. The van der Waals surface area contributed by atoms with Crippen molar-refractivity contribution < 1.29 is 27.3 Å². The summed E-state index contributed by atoms with van der Waals surface area (Å²) >= 11 is 0. The third-order valence-electron chi connectivity index (χ3n) is 5.58. The van der Waals surface area contributed by atoms with E-state index < -0.39 is 22.0 Å². The van der Waals surface area contributed by atoms with Gasteiger partial charge in [0, 0.05) is 23.7 Å². The Morgan fingerprint density at radius 3 is 2.52 bits per heavy atom. The van der Waals surface area contributed by atoms with Crippen molar-refractivity contribution in [2.75, 3.05) is 6.54 Å². The van der Waals surface area contributed by atoms with Gasteiger partial charge in [-0.3, -0.25) is 9.59 Å². The molecule has 2 heterocycles. The van der Waals surface area contributed by atoms with E-state index in [0.29, 0.717) is 29.9 Å². The van der Waals surface area contributed by atoms with E-state index in [4.69, 9.17) is 9.26 Å². The molecule has 1 aromatic heterocycles. The van der Waals surface area contributed by atoms with E-state index in [2.05, 4.69) is 5.16 Å². The molecule has 1 aliphatic heterocycles. The summed E-state index contributed by atoms with van der Waals surface area (Å²) in [7, 11) is -3.93. The Morgan fingerprint density at radius 1 is 1.09 bits per heavy atom. The lowest BCUT2D eigenvalue weighted by Gasteiger charge is -2.32. The number of ether oxygens (including phenoxy) is 1. The summed E-state index contributed by atoms with van der Waals surface area (Å²) < 4.78 is 38.3. The summed E-state index contributed by atoms with van der Waals surface area (Å²) in [6.45, 7) is 1.49. The lowest BCUT2D eigenvalue weighted by Crippen LogP contribution is -2.48. The number of carbonyl (C=O) groups excluding carboxylic acids is 2. The van der Waals surface area contributed by atoms with Crippen LogP contribution in [0.15, 0.2) is 70.1 Å². The summed E-state index contributed by atoms with van der Waals surface area (Å²) in [5, 5.41) is 3.99. The molecular weight excluding hydrogens is 444 g/mol. The maximum Gasteiger partial charge on any atom is 0.324 e. The van der Waals surface area contributed by atoms with E-state index in [0.717, 1.165) is 12.0 Å². The van der Waals surface area contributed by atoms with Gasteiger partial charge in [-0.2, -0.15) is 4.31 Å². The van der Waals surface area contributed by atoms with Gasteiger partial charge >= 0.3 is 5.97 Å². The molecule has 1 saturated heterocycles. The van der Waals surface area contributed by atoms with Gasteiger partial charge in [0.15, 0.2) is 18.2 Å². The molecule has 0 aliphatic carbocycles. The first-order valence-corrected chi connectivity index (χ1v) is 12.1. The predicted molar refractivity (Wildman–Crippen MR) is 120 cm³/mol. The van der Waals surface area contributed by atoms with Crippen molar-refractivity contribution in [3.05, 3.63) is 72.0 Å². The standard InChI is InChI=1S/C24H24N2O6S/c1-17(27)18-10-12-21(13-11-18)33(29,30)26-14-6-5-9-23(26)24(28)31-16-20-15-22(25-32-20)19-7-3-2-4-8-19/h2-4,7-8,10-13,15,23H,5-6,9,14,16H2,1H3. The Kier molecular flexibility index (Phi) is 6.71. The van der Waals surface area contributed by atoms with Crippen molar-refractivity contribution in [3.8, 4) is 11.3 Å². The van der Waals surface area contributed by atoms with Crippen LogP contribution in [0.5, 0.6) is 0 Å². The Bertz CT molecular complexity index is 1240. The SMILES string of the molecule is CC(=O)c1ccc(S(=O)(=O)N2CCCCC2C(=O)OCc2cc(-c3ccccc3)no2)cc1. The van der Waals surface area contributed by atoms with Crippen LogP contribution in [0.4, 0.5) is 0 Å². The van der Waals surface area contributed by atoms with Gasteiger partial charge in [-0.25, -0.2) is 8.42 Å². The summed E-state index contributed by atoms with van der Waals surface area (Å²) in [6, 6.07) is 15.9. The fraction of sp³-hybridized carbons (Fsp3) is 0.292. The fourth-order valence-electron chi connectivity index (χ4n) is 3.79. The van der Waals surface area contributed by atoms with Crippen molar-refractivity contribution >= 4 is 21.8 Å². The molecule has 9 heteroatoms. The van der Waals surface area contributed by atoms with Gasteiger partial charge in [0.25, 0.3) is 0 Å². The summed E-state index contributed by atoms with van der Waals surface area (Å²) in [5.74, 6) is -0.412.